The number of carbonyl (C=O) groups excluding carboxylic acids is 3. The van der Waals surface area contributed by atoms with Crippen LogP contribution in [-0.4, -0.2) is 17.8 Å². The van der Waals surface area contributed by atoms with E-state index in [1.165, 1.54) is 5.56 Å². The molecule has 3 rings (SSSR count). The number of carbonyl (C=O) groups is 3. The monoisotopic (exact) mass is 488 g/mol. The second kappa shape index (κ2) is 13.7. The Morgan fingerprint density at radius 2 is 1.22 bits per heavy atom. The van der Waals surface area contributed by atoms with Gasteiger partial charge in [-0.1, -0.05) is 56.3 Å². The van der Waals surface area contributed by atoms with Crippen molar-refractivity contribution in [2.75, 3.05) is 16.0 Å². The first-order valence-corrected chi connectivity index (χ1v) is 11.9. The lowest BCUT2D eigenvalue weighted by Crippen LogP contribution is -2.23. The predicted octanol–water partition coefficient (Wildman–Crippen LogP) is 5.81. The van der Waals surface area contributed by atoms with Gasteiger partial charge in [0, 0.05) is 29.9 Å². The van der Waals surface area contributed by atoms with Crippen LogP contribution >= 0.6 is 0 Å². The molecular formula is C28H32N4O4. The molecule has 0 radical (unpaired) electrons. The summed E-state index contributed by atoms with van der Waals surface area (Å²) in [7, 11) is 0. The molecule has 0 bridgehead atoms. The average Bonchev–Trinajstić information content (AvgIpc) is 2.86. The average molecular weight is 489 g/mol. The highest BCUT2D eigenvalue weighted by molar-refractivity contribution is 6.00. The molecule has 36 heavy (non-hydrogen) atoms. The third kappa shape index (κ3) is 9.23. The van der Waals surface area contributed by atoms with Gasteiger partial charge in [0.15, 0.2) is 0 Å². The summed E-state index contributed by atoms with van der Waals surface area (Å²) in [4.78, 5) is 41.4. The number of amides is 4. The molecule has 0 atom stereocenters. The van der Waals surface area contributed by atoms with E-state index in [9.17, 15) is 14.4 Å². The molecule has 0 aromatic heterocycles. The molecule has 0 unspecified atom stereocenters. The van der Waals surface area contributed by atoms with Gasteiger partial charge < -0.3 is 16.0 Å². The van der Waals surface area contributed by atoms with Crippen molar-refractivity contribution < 1.29 is 19.2 Å². The van der Waals surface area contributed by atoms with Crippen molar-refractivity contribution in [3.8, 4) is 0 Å². The van der Waals surface area contributed by atoms with Crippen LogP contribution in [0.5, 0.6) is 0 Å². The molecule has 0 aliphatic rings. The number of anilines is 3. The molecule has 0 saturated carbocycles. The Balaban J connectivity index is 1.33. The second-order valence-corrected chi connectivity index (χ2v) is 8.63. The molecule has 8 heteroatoms. The van der Waals surface area contributed by atoms with Gasteiger partial charge in [-0.15, -0.1) is 0 Å². The van der Waals surface area contributed by atoms with Crippen molar-refractivity contribution in [3.05, 3.63) is 90.0 Å². The van der Waals surface area contributed by atoms with Gasteiger partial charge in [-0.3, -0.25) is 14.4 Å². The summed E-state index contributed by atoms with van der Waals surface area (Å²) >= 11 is 0. The Kier molecular flexibility index (Phi) is 10.0. The van der Waals surface area contributed by atoms with Gasteiger partial charge >= 0.3 is 6.03 Å². The fraction of sp³-hybridized carbons (Fsp3) is 0.250. The van der Waals surface area contributed by atoms with Gasteiger partial charge in [0.1, 0.15) is 0 Å². The third-order valence-corrected chi connectivity index (χ3v) is 5.34. The number of hydrogen-bond acceptors (Lipinski definition) is 4. The summed E-state index contributed by atoms with van der Waals surface area (Å²) in [5.74, 6) is -0.0456. The van der Waals surface area contributed by atoms with E-state index in [2.05, 4.69) is 35.3 Å². The fourth-order valence-electron chi connectivity index (χ4n) is 3.34. The normalized spacial score (nSPS) is 10.5. The lowest BCUT2D eigenvalue weighted by atomic mass is 10.0. The Hall–Kier alpha value is -4.17. The van der Waals surface area contributed by atoms with E-state index >= 15 is 0 Å². The fourth-order valence-corrected chi connectivity index (χ4v) is 3.34. The SMILES string of the molecule is CC(C)c1ccc(NC(=O)Nc2ccc(NC(=O)CCCC(=O)NOCc3ccccc3)cc2)cc1. The van der Waals surface area contributed by atoms with Gasteiger partial charge in [0.05, 0.1) is 6.61 Å². The maximum Gasteiger partial charge on any atom is 0.323 e. The van der Waals surface area contributed by atoms with Crippen molar-refractivity contribution in [1.29, 1.82) is 0 Å². The number of rotatable bonds is 11. The summed E-state index contributed by atoms with van der Waals surface area (Å²) < 4.78 is 0. The van der Waals surface area contributed by atoms with Crippen molar-refractivity contribution in [2.24, 2.45) is 0 Å². The quantitative estimate of drug-likeness (QED) is 0.255. The van der Waals surface area contributed by atoms with E-state index < -0.39 is 0 Å². The van der Waals surface area contributed by atoms with E-state index in [0.29, 0.717) is 29.4 Å². The minimum Gasteiger partial charge on any atom is -0.326 e. The summed E-state index contributed by atoms with van der Waals surface area (Å²) in [6.45, 7) is 4.51. The number of urea groups is 1. The molecule has 3 aromatic carbocycles. The molecule has 0 spiro atoms. The summed E-state index contributed by atoms with van der Waals surface area (Å²) in [5.41, 5.74) is 6.45. The zero-order valence-electron chi connectivity index (χ0n) is 20.5. The first kappa shape index (κ1) is 26.4. The van der Waals surface area contributed by atoms with Crippen LogP contribution in [0.4, 0.5) is 21.9 Å². The first-order chi connectivity index (χ1) is 17.4. The van der Waals surface area contributed by atoms with Gasteiger partial charge in [0.25, 0.3) is 0 Å². The number of nitrogens with one attached hydrogen (secondary N) is 4. The molecule has 0 heterocycles. The van der Waals surface area contributed by atoms with Crippen molar-refractivity contribution in [1.82, 2.24) is 5.48 Å². The van der Waals surface area contributed by atoms with Crippen LogP contribution in [0.25, 0.3) is 0 Å². The van der Waals surface area contributed by atoms with E-state index in [1.807, 2.05) is 54.6 Å². The van der Waals surface area contributed by atoms with Gasteiger partial charge in [-0.2, -0.15) is 0 Å². The predicted molar refractivity (Wildman–Crippen MR) is 141 cm³/mol. The molecule has 3 aromatic rings. The zero-order chi connectivity index (χ0) is 25.8. The molecular weight excluding hydrogens is 456 g/mol. The highest BCUT2D eigenvalue weighted by atomic mass is 16.6. The second-order valence-electron chi connectivity index (χ2n) is 8.63. The van der Waals surface area contributed by atoms with Gasteiger partial charge in [-0.05, 0) is 59.9 Å². The van der Waals surface area contributed by atoms with Crippen LogP contribution in [0.15, 0.2) is 78.9 Å². The topological polar surface area (TPSA) is 109 Å². The lowest BCUT2D eigenvalue weighted by Gasteiger charge is -2.10. The highest BCUT2D eigenvalue weighted by Gasteiger charge is 2.08. The van der Waals surface area contributed by atoms with E-state index in [4.69, 9.17) is 4.84 Å². The lowest BCUT2D eigenvalue weighted by molar-refractivity contribution is -0.134. The Morgan fingerprint density at radius 3 is 1.81 bits per heavy atom. The first-order valence-electron chi connectivity index (χ1n) is 11.9. The van der Waals surface area contributed by atoms with Crippen LogP contribution in [0.1, 0.15) is 50.2 Å². The number of benzene rings is 3. The van der Waals surface area contributed by atoms with Crippen LogP contribution in [0, 0.1) is 0 Å². The number of hydroxylamine groups is 1. The standard InChI is InChI=1S/C28H32N4O4/c1-20(2)22-11-13-24(14-12-22)30-28(35)31-25-17-15-23(16-18-25)29-26(33)9-6-10-27(34)32-36-19-21-7-4-3-5-8-21/h3-5,7-8,11-18,20H,6,9-10,19H2,1-2H3,(H,29,33)(H,32,34)(H2,30,31,35). The zero-order valence-corrected chi connectivity index (χ0v) is 20.5. The maximum atomic E-state index is 12.2. The Morgan fingerprint density at radius 1 is 0.694 bits per heavy atom. The number of hydrogen-bond donors (Lipinski definition) is 4. The smallest absolute Gasteiger partial charge is 0.323 e. The highest BCUT2D eigenvalue weighted by Crippen LogP contribution is 2.18. The molecule has 8 nitrogen and oxygen atoms in total. The van der Waals surface area contributed by atoms with Gasteiger partial charge in [-0.25, -0.2) is 10.3 Å². The van der Waals surface area contributed by atoms with E-state index in [1.54, 1.807) is 24.3 Å². The van der Waals surface area contributed by atoms with Crippen molar-refractivity contribution in [3.63, 3.8) is 0 Å². The molecule has 0 fully saturated rings. The Bertz CT molecular complexity index is 1130. The van der Waals surface area contributed by atoms with Crippen LogP contribution in [0.2, 0.25) is 0 Å². The molecule has 0 aliphatic heterocycles. The van der Waals surface area contributed by atoms with Crippen molar-refractivity contribution in [2.45, 2.75) is 45.6 Å². The third-order valence-electron chi connectivity index (χ3n) is 5.34. The largest absolute Gasteiger partial charge is 0.326 e. The molecule has 4 N–H and O–H groups in total. The summed E-state index contributed by atoms with van der Waals surface area (Å²) in [6.07, 6.45) is 0.773. The van der Waals surface area contributed by atoms with Crippen LogP contribution in [0.3, 0.4) is 0 Å². The molecule has 4 amide bonds. The van der Waals surface area contributed by atoms with E-state index in [0.717, 1.165) is 5.56 Å². The summed E-state index contributed by atoms with van der Waals surface area (Å²) in [5, 5.41) is 8.34. The molecule has 188 valence electrons. The van der Waals surface area contributed by atoms with E-state index in [-0.39, 0.29) is 37.3 Å². The van der Waals surface area contributed by atoms with Gasteiger partial charge in [0.2, 0.25) is 11.8 Å². The molecule has 0 aliphatic carbocycles. The summed E-state index contributed by atoms with van der Waals surface area (Å²) in [6, 6.07) is 23.7. The Labute approximate surface area is 211 Å². The maximum absolute atomic E-state index is 12.2. The van der Waals surface area contributed by atoms with Crippen LogP contribution < -0.4 is 21.4 Å². The minimum absolute atomic E-state index is 0.181. The minimum atomic E-state index is -0.352. The van der Waals surface area contributed by atoms with Crippen LogP contribution in [-0.2, 0) is 21.0 Å². The molecule has 0 saturated heterocycles. The van der Waals surface area contributed by atoms with Crippen molar-refractivity contribution >= 4 is 34.9 Å².